The van der Waals surface area contributed by atoms with Gasteiger partial charge >= 0.3 is 0 Å². The molecule has 19 heavy (non-hydrogen) atoms. The zero-order chi connectivity index (χ0) is 13.2. The van der Waals surface area contributed by atoms with Gasteiger partial charge in [-0.3, -0.25) is 4.79 Å². The predicted octanol–water partition coefficient (Wildman–Crippen LogP) is 1.67. The number of nitrogens with zero attached hydrogens (tertiary/aromatic N) is 1. The van der Waals surface area contributed by atoms with Gasteiger partial charge in [-0.1, -0.05) is 5.16 Å². The molecule has 1 aliphatic heterocycles. The van der Waals surface area contributed by atoms with Gasteiger partial charge in [-0.15, -0.1) is 0 Å². The van der Waals surface area contributed by atoms with Crippen LogP contribution in [0.15, 0.2) is 10.6 Å². The third-order valence-electron chi connectivity index (χ3n) is 4.14. The van der Waals surface area contributed by atoms with Crippen LogP contribution in [0.2, 0.25) is 0 Å². The van der Waals surface area contributed by atoms with E-state index < -0.39 is 0 Å². The summed E-state index contributed by atoms with van der Waals surface area (Å²) in [6, 6.07) is 1.96. The van der Waals surface area contributed by atoms with Crippen LogP contribution in [0.25, 0.3) is 0 Å². The number of piperidine rings is 1. The van der Waals surface area contributed by atoms with E-state index in [0.29, 0.717) is 17.5 Å². The molecule has 2 N–H and O–H groups in total. The lowest BCUT2D eigenvalue weighted by Gasteiger charge is -2.28. The maximum absolute atomic E-state index is 12.1. The molecule has 5 heteroatoms. The summed E-state index contributed by atoms with van der Waals surface area (Å²) in [4.78, 5) is 12.1. The molecule has 0 aromatic carbocycles. The molecule has 2 atom stereocenters. The first-order chi connectivity index (χ1) is 9.24. The maximum Gasteiger partial charge on any atom is 0.273 e. The highest BCUT2D eigenvalue weighted by molar-refractivity contribution is 5.92. The van der Waals surface area contributed by atoms with Crippen LogP contribution in [0.1, 0.15) is 54.8 Å². The van der Waals surface area contributed by atoms with Gasteiger partial charge in [0.2, 0.25) is 0 Å². The molecule has 0 bridgehead atoms. The summed E-state index contributed by atoms with van der Waals surface area (Å²) in [7, 11) is 0. The van der Waals surface area contributed by atoms with Gasteiger partial charge in [0.25, 0.3) is 5.91 Å². The highest BCUT2D eigenvalue weighted by atomic mass is 16.5. The molecule has 2 aliphatic rings. The summed E-state index contributed by atoms with van der Waals surface area (Å²) in [5, 5.41) is 10.3. The van der Waals surface area contributed by atoms with E-state index in [4.69, 9.17) is 4.52 Å². The first kappa shape index (κ1) is 12.7. The Balaban J connectivity index is 1.56. The monoisotopic (exact) mass is 263 g/mol. The first-order valence-electron chi connectivity index (χ1n) is 7.22. The van der Waals surface area contributed by atoms with Gasteiger partial charge in [-0.25, -0.2) is 0 Å². The van der Waals surface area contributed by atoms with E-state index in [1.807, 2.05) is 0 Å². The van der Waals surface area contributed by atoms with Gasteiger partial charge in [0, 0.05) is 18.0 Å². The van der Waals surface area contributed by atoms with Crippen LogP contribution in [0.4, 0.5) is 0 Å². The predicted molar refractivity (Wildman–Crippen MR) is 71.0 cm³/mol. The number of nitrogens with one attached hydrogen (secondary N) is 2. The minimum absolute atomic E-state index is 0.117. The standard InChI is InChI=1S/C14H21N3O2/c1-9(11-3-2-6-15-8-11)16-14(18)12-7-13(19-17-12)10-4-5-10/h7,9-11,15H,2-6,8H2,1H3,(H,16,18). The van der Waals surface area contributed by atoms with Gasteiger partial charge in [-0.2, -0.15) is 0 Å². The number of carbonyl (C=O) groups excluding carboxylic acids is 1. The van der Waals surface area contributed by atoms with Crippen molar-refractivity contribution in [3.8, 4) is 0 Å². The molecule has 5 nitrogen and oxygen atoms in total. The number of carbonyl (C=O) groups is 1. The lowest BCUT2D eigenvalue weighted by Crippen LogP contribution is -2.44. The van der Waals surface area contributed by atoms with E-state index in [1.165, 1.54) is 12.8 Å². The average Bonchev–Trinajstić information content (AvgIpc) is 3.17. The molecular weight excluding hydrogens is 242 g/mol. The number of hydrogen-bond acceptors (Lipinski definition) is 4. The van der Waals surface area contributed by atoms with Crippen LogP contribution in [0.5, 0.6) is 0 Å². The molecule has 3 rings (SSSR count). The second-order valence-corrected chi connectivity index (χ2v) is 5.76. The SMILES string of the molecule is CC(NC(=O)c1cc(C2CC2)on1)C1CCCNC1. The Morgan fingerprint density at radius 3 is 3.05 bits per heavy atom. The Morgan fingerprint density at radius 1 is 1.53 bits per heavy atom. The normalized spacial score (nSPS) is 25.0. The summed E-state index contributed by atoms with van der Waals surface area (Å²) >= 11 is 0. The maximum atomic E-state index is 12.1. The Bertz CT molecular complexity index is 447. The van der Waals surface area contributed by atoms with Crippen molar-refractivity contribution in [2.24, 2.45) is 5.92 Å². The van der Waals surface area contributed by atoms with Crippen molar-refractivity contribution in [1.82, 2.24) is 15.8 Å². The number of amides is 1. The zero-order valence-electron chi connectivity index (χ0n) is 11.3. The Morgan fingerprint density at radius 2 is 2.37 bits per heavy atom. The van der Waals surface area contributed by atoms with Crippen LogP contribution in [-0.2, 0) is 0 Å². The van der Waals surface area contributed by atoms with Gasteiger partial charge in [0.05, 0.1) is 0 Å². The number of rotatable bonds is 4. The summed E-state index contributed by atoms with van der Waals surface area (Å²) < 4.78 is 5.21. The topological polar surface area (TPSA) is 67.2 Å². The van der Waals surface area contributed by atoms with Crippen molar-refractivity contribution >= 4 is 5.91 Å². The molecule has 1 saturated carbocycles. The van der Waals surface area contributed by atoms with Gasteiger partial charge < -0.3 is 15.2 Å². The second kappa shape index (κ2) is 5.33. The van der Waals surface area contributed by atoms with E-state index in [0.717, 1.165) is 31.7 Å². The first-order valence-corrected chi connectivity index (χ1v) is 7.22. The quantitative estimate of drug-likeness (QED) is 0.867. The van der Waals surface area contributed by atoms with Gasteiger partial charge in [0.1, 0.15) is 5.76 Å². The Hall–Kier alpha value is -1.36. The summed E-state index contributed by atoms with van der Waals surface area (Å²) in [6.45, 7) is 4.14. The van der Waals surface area contributed by atoms with Crippen molar-refractivity contribution in [2.75, 3.05) is 13.1 Å². The third kappa shape index (κ3) is 2.97. The molecule has 104 valence electrons. The minimum atomic E-state index is -0.117. The summed E-state index contributed by atoms with van der Waals surface area (Å²) in [6.07, 6.45) is 4.65. The lowest BCUT2D eigenvalue weighted by molar-refractivity contribution is 0.0912. The average molecular weight is 263 g/mol. The van der Waals surface area contributed by atoms with Gasteiger partial charge in [0.15, 0.2) is 5.69 Å². The fourth-order valence-electron chi connectivity index (χ4n) is 2.66. The van der Waals surface area contributed by atoms with E-state index in [1.54, 1.807) is 6.07 Å². The molecule has 2 unspecified atom stereocenters. The molecule has 2 fully saturated rings. The number of hydrogen-bond donors (Lipinski definition) is 2. The Labute approximate surface area is 113 Å². The Kier molecular flexibility index (Phi) is 3.55. The van der Waals surface area contributed by atoms with Crippen molar-refractivity contribution in [1.29, 1.82) is 0 Å². The lowest BCUT2D eigenvalue weighted by atomic mass is 9.93. The van der Waals surface area contributed by atoms with Crippen LogP contribution in [0, 0.1) is 5.92 Å². The molecule has 1 aliphatic carbocycles. The van der Waals surface area contributed by atoms with E-state index in [-0.39, 0.29) is 11.9 Å². The summed E-state index contributed by atoms with van der Waals surface area (Å²) in [5.41, 5.74) is 0.414. The van der Waals surface area contributed by atoms with Crippen molar-refractivity contribution in [3.05, 3.63) is 17.5 Å². The molecule has 0 spiro atoms. The molecular formula is C14H21N3O2. The molecule has 1 aromatic heterocycles. The van der Waals surface area contributed by atoms with Crippen LogP contribution in [0.3, 0.4) is 0 Å². The molecule has 2 heterocycles. The zero-order valence-corrected chi connectivity index (χ0v) is 11.3. The van der Waals surface area contributed by atoms with Crippen molar-refractivity contribution in [3.63, 3.8) is 0 Å². The molecule has 1 aromatic rings. The van der Waals surface area contributed by atoms with Crippen molar-refractivity contribution < 1.29 is 9.32 Å². The second-order valence-electron chi connectivity index (χ2n) is 5.76. The fourth-order valence-corrected chi connectivity index (χ4v) is 2.66. The van der Waals surface area contributed by atoms with Crippen molar-refractivity contribution in [2.45, 2.75) is 44.6 Å². The highest BCUT2D eigenvalue weighted by Gasteiger charge is 2.29. The van der Waals surface area contributed by atoms with Crippen LogP contribution in [-0.4, -0.2) is 30.2 Å². The molecule has 0 radical (unpaired) electrons. The van der Waals surface area contributed by atoms with Gasteiger partial charge in [-0.05, 0) is 51.6 Å². The van der Waals surface area contributed by atoms with E-state index in [9.17, 15) is 4.79 Å². The van der Waals surface area contributed by atoms with E-state index >= 15 is 0 Å². The highest BCUT2D eigenvalue weighted by Crippen LogP contribution is 2.40. The molecule has 1 saturated heterocycles. The third-order valence-corrected chi connectivity index (χ3v) is 4.14. The smallest absolute Gasteiger partial charge is 0.273 e. The molecule has 1 amide bonds. The fraction of sp³-hybridized carbons (Fsp3) is 0.714. The van der Waals surface area contributed by atoms with E-state index in [2.05, 4.69) is 22.7 Å². The number of aromatic nitrogens is 1. The minimum Gasteiger partial charge on any atom is -0.360 e. The van der Waals surface area contributed by atoms with Crippen LogP contribution >= 0.6 is 0 Å². The van der Waals surface area contributed by atoms with Crippen LogP contribution < -0.4 is 10.6 Å². The summed E-state index contributed by atoms with van der Waals surface area (Å²) in [5.74, 6) is 1.74. The largest absolute Gasteiger partial charge is 0.360 e.